The maximum atomic E-state index is 6.05. The zero-order valence-corrected chi connectivity index (χ0v) is 10.3. The van der Waals surface area contributed by atoms with Gasteiger partial charge in [0, 0.05) is 24.2 Å². The Hall–Kier alpha value is -2.49. The van der Waals surface area contributed by atoms with E-state index in [2.05, 4.69) is 33.0 Å². The lowest BCUT2D eigenvalue weighted by molar-refractivity contribution is 0.211. The van der Waals surface area contributed by atoms with E-state index in [1.807, 2.05) is 30.5 Å². The number of nitrogens with one attached hydrogen (secondary N) is 1. The van der Waals surface area contributed by atoms with Crippen molar-refractivity contribution in [3.8, 4) is 5.75 Å². The van der Waals surface area contributed by atoms with Crippen LogP contribution in [0.4, 0.5) is 5.82 Å². The van der Waals surface area contributed by atoms with Gasteiger partial charge in [-0.1, -0.05) is 6.07 Å². The van der Waals surface area contributed by atoms with Crippen LogP contribution in [0.15, 0.2) is 55.0 Å². The van der Waals surface area contributed by atoms with E-state index in [9.17, 15) is 0 Å². The van der Waals surface area contributed by atoms with Gasteiger partial charge in [0.25, 0.3) is 0 Å². The molecule has 94 valence electrons. The van der Waals surface area contributed by atoms with E-state index in [0.717, 1.165) is 18.1 Å². The van der Waals surface area contributed by atoms with Gasteiger partial charge in [-0.05, 0) is 30.3 Å². The molecule has 0 saturated heterocycles. The molecule has 1 aliphatic rings. The van der Waals surface area contributed by atoms with Gasteiger partial charge in [-0.2, -0.15) is 0 Å². The average Bonchev–Trinajstić information content (AvgIpc) is 2.91. The lowest BCUT2D eigenvalue weighted by atomic mass is 10.1. The van der Waals surface area contributed by atoms with Crippen LogP contribution in [0, 0.1) is 0 Å². The first kappa shape index (κ1) is 10.4. The van der Waals surface area contributed by atoms with Crippen molar-refractivity contribution in [1.82, 2.24) is 9.38 Å². The summed E-state index contributed by atoms with van der Waals surface area (Å²) in [7, 11) is 0. The number of rotatable bonds is 1. The quantitative estimate of drug-likeness (QED) is 0.722. The van der Waals surface area contributed by atoms with Crippen LogP contribution in [0.5, 0.6) is 5.75 Å². The second-order valence-corrected chi connectivity index (χ2v) is 4.60. The summed E-state index contributed by atoms with van der Waals surface area (Å²) >= 11 is 0. The summed E-state index contributed by atoms with van der Waals surface area (Å²) in [6, 6.07) is 12.1. The Bertz CT molecular complexity index is 735. The van der Waals surface area contributed by atoms with E-state index in [4.69, 9.17) is 4.74 Å². The predicted molar refractivity (Wildman–Crippen MR) is 73.5 cm³/mol. The molecule has 0 bridgehead atoms. The summed E-state index contributed by atoms with van der Waals surface area (Å²) < 4.78 is 8.15. The van der Waals surface area contributed by atoms with Crippen molar-refractivity contribution in [2.45, 2.75) is 6.10 Å². The van der Waals surface area contributed by atoms with Gasteiger partial charge in [-0.25, -0.2) is 4.98 Å². The monoisotopic (exact) mass is 251 g/mol. The van der Waals surface area contributed by atoms with Crippen molar-refractivity contribution in [2.75, 3.05) is 11.9 Å². The molecule has 0 aliphatic carbocycles. The van der Waals surface area contributed by atoms with Gasteiger partial charge >= 0.3 is 0 Å². The number of pyridine rings is 2. The Morgan fingerprint density at radius 2 is 2.16 bits per heavy atom. The molecule has 1 atom stereocenters. The number of ether oxygens (including phenoxy) is 1. The lowest BCUT2D eigenvalue weighted by Crippen LogP contribution is -2.24. The fourth-order valence-corrected chi connectivity index (χ4v) is 2.53. The zero-order valence-electron chi connectivity index (χ0n) is 10.3. The zero-order chi connectivity index (χ0) is 12.7. The normalized spacial score (nSPS) is 17.6. The minimum Gasteiger partial charge on any atom is -0.480 e. The van der Waals surface area contributed by atoms with Crippen molar-refractivity contribution in [1.29, 1.82) is 0 Å². The van der Waals surface area contributed by atoms with Gasteiger partial charge in [-0.15, -0.1) is 0 Å². The molecule has 3 aromatic heterocycles. The molecule has 0 fully saturated rings. The third kappa shape index (κ3) is 1.64. The maximum absolute atomic E-state index is 6.05. The number of fused-ring (bicyclic) bond motifs is 2. The molecule has 4 heteroatoms. The first-order valence-electron chi connectivity index (χ1n) is 6.33. The van der Waals surface area contributed by atoms with Crippen LogP contribution < -0.4 is 10.1 Å². The van der Waals surface area contributed by atoms with Crippen molar-refractivity contribution in [3.63, 3.8) is 0 Å². The highest BCUT2D eigenvalue weighted by Crippen LogP contribution is 2.33. The standard InChI is InChI=1S/C15H13N3O/c1-2-8-18-9-6-11(12(18)4-1)14-10-17-15-13(19-14)5-3-7-16-15/h1-9,14H,10H2,(H,16,17). The van der Waals surface area contributed by atoms with Crippen LogP contribution in [0.1, 0.15) is 11.7 Å². The molecule has 4 rings (SSSR count). The molecule has 0 spiro atoms. The maximum Gasteiger partial charge on any atom is 0.168 e. The smallest absolute Gasteiger partial charge is 0.168 e. The summed E-state index contributed by atoms with van der Waals surface area (Å²) in [5, 5.41) is 3.32. The highest BCUT2D eigenvalue weighted by molar-refractivity contribution is 5.59. The third-order valence-electron chi connectivity index (χ3n) is 3.44. The Labute approximate surface area is 110 Å². The summed E-state index contributed by atoms with van der Waals surface area (Å²) in [6.07, 6.45) is 5.89. The molecule has 0 amide bonds. The minimum absolute atomic E-state index is 0.0177. The second-order valence-electron chi connectivity index (χ2n) is 4.60. The molecule has 0 radical (unpaired) electrons. The molecular formula is C15H13N3O. The number of hydrogen-bond donors (Lipinski definition) is 1. The average molecular weight is 251 g/mol. The first-order chi connectivity index (χ1) is 9.42. The van der Waals surface area contributed by atoms with Gasteiger partial charge in [0.2, 0.25) is 0 Å². The number of aromatic nitrogens is 2. The predicted octanol–water partition coefficient (Wildman–Crippen LogP) is 2.88. The van der Waals surface area contributed by atoms with E-state index in [-0.39, 0.29) is 6.10 Å². The van der Waals surface area contributed by atoms with Crippen LogP contribution in [0.3, 0.4) is 0 Å². The minimum atomic E-state index is 0.0177. The van der Waals surface area contributed by atoms with E-state index in [1.54, 1.807) is 6.20 Å². The summed E-state index contributed by atoms with van der Waals surface area (Å²) in [5.74, 6) is 1.64. The first-order valence-corrected chi connectivity index (χ1v) is 6.33. The highest BCUT2D eigenvalue weighted by atomic mass is 16.5. The van der Waals surface area contributed by atoms with E-state index >= 15 is 0 Å². The molecule has 3 aromatic rings. The molecular weight excluding hydrogens is 238 g/mol. The SMILES string of the molecule is c1cnc2c(c1)OC(c1ccn3ccccc13)CN2. The van der Waals surface area contributed by atoms with E-state index in [1.165, 1.54) is 11.1 Å². The molecule has 4 heterocycles. The number of anilines is 1. The lowest BCUT2D eigenvalue weighted by Gasteiger charge is -2.26. The van der Waals surface area contributed by atoms with Crippen LogP contribution in [0.25, 0.3) is 5.52 Å². The largest absolute Gasteiger partial charge is 0.480 e. The summed E-state index contributed by atoms with van der Waals surface area (Å²) in [5.41, 5.74) is 2.38. The van der Waals surface area contributed by atoms with Crippen molar-refractivity contribution < 1.29 is 4.74 Å². The summed E-state index contributed by atoms with van der Waals surface area (Å²) in [6.45, 7) is 0.735. The molecule has 0 aromatic carbocycles. The van der Waals surface area contributed by atoms with Gasteiger partial charge in [0.15, 0.2) is 11.6 Å². The van der Waals surface area contributed by atoms with Crippen molar-refractivity contribution >= 4 is 11.3 Å². The Morgan fingerprint density at radius 1 is 1.16 bits per heavy atom. The van der Waals surface area contributed by atoms with Crippen LogP contribution in [-0.2, 0) is 0 Å². The molecule has 1 N–H and O–H groups in total. The van der Waals surface area contributed by atoms with E-state index in [0.29, 0.717) is 0 Å². The third-order valence-corrected chi connectivity index (χ3v) is 3.44. The van der Waals surface area contributed by atoms with Crippen molar-refractivity contribution in [3.05, 3.63) is 60.6 Å². The molecule has 0 saturated carbocycles. The molecule has 1 unspecified atom stereocenters. The van der Waals surface area contributed by atoms with E-state index < -0.39 is 0 Å². The Morgan fingerprint density at radius 3 is 3.16 bits per heavy atom. The Kier molecular flexibility index (Phi) is 2.21. The Balaban J connectivity index is 1.75. The highest BCUT2D eigenvalue weighted by Gasteiger charge is 2.23. The molecule has 4 nitrogen and oxygen atoms in total. The second kappa shape index (κ2) is 4.02. The van der Waals surface area contributed by atoms with Crippen LogP contribution in [0.2, 0.25) is 0 Å². The van der Waals surface area contributed by atoms with Crippen LogP contribution in [-0.4, -0.2) is 15.9 Å². The van der Waals surface area contributed by atoms with Gasteiger partial charge in [0.1, 0.15) is 6.10 Å². The number of nitrogens with zero attached hydrogens (tertiary/aromatic N) is 2. The van der Waals surface area contributed by atoms with Gasteiger partial charge in [0.05, 0.1) is 12.1 Å². The van der Waals surface area contributed by atoms with Crippen LogP contribution >= 0.6 is 0 Å². The topological polar surface area (TPSA) is 38.6 Å². The molecule has 1 aliphatic heterocycles. The van der Waals surface area contributed by atoms with Crippen molar-refractivity contribution in [2.24, 2.45) is 0 Å². The fourth-order valence-electron chi connectivity index (χ4n) is 2.53. The van der Waals surface area contributed by atoms with Gasteiger partial charge < -0.3 is 14.5 Å². The van der Waals surface area contributed by atoms with Gasteiger partial charge in [-0.3, -0.25) is 0 Å². The fraction of sp³-hybridized carbons (Fsp3) is 0.133. The summed E-state index contributed by atoms with van der Waals surface area (Å²) in [4.78, 5) is 4.26. The molecule has 19 heavy (non-hydrogen) atoms. The number of hydrogen-bond acceptors (Lipinski definition) is 3.